The predicted molar refractivity (Wildman–Crippen MR) is 66.0 cm³/mol. The third-order valence-corrected chi connectivity index (χ3v) is 3.33. The van der Waals surface area contributed by atoms with Crippen LogP contribution in [0, 0.1) is 5.92 Å². The second-order valence-corrected chi connectivity index (χ2v) is 4.81. The van der Waals surface area contributed by atoms with Crippen molar-refractivity contribution < 1.29 is 19.4 Å². The molecule has 2 atom stereocenters. The van der Waals surface area contributed by atoms with Crippen LogP contribution in [0.15, 0.2) is 0 Å². The van der Waals surface area contributed by atoms with Crippen LogP contribution in [0.25, 0.3) is 0 Å². The molecule has 0 aromatic carbocycles. The highest BCUT2D eigenvalue weighted by Gasteiger charge is 2.35. The Bertz CT molecular complexity index is 304. The Morgan fingerprint density at radius 3 is 2.56 bits per heavy atom. The van der Waals surface area contributed by atoms with Gasteiger partial charge in [0.25, 0.3) is 0 Å². The molecule has 6 nitrogen and oxygen atoms in total. The van der Waals surface area contributed by atoms with Crippen molar-refractivity contribution in [3.63, 3.8) is 0 Å². The van der Waals surface area contributed by atoms with Gasteiger partial charge in [-0.3, -0.25) is 9.59 Å². The molecule has 6 heteroatoms. The van der Waals surface area contributed by atoms with Gasteiger partial charge >= 0.3 is 5.97 Å². The van der Waals surface area contributed by atoms with Crippen LogP contribution < -0.4 is 5.73 Å². The van der Waals surface area contributed by atoms with Gasteiger partial charge in [0, 0.05) is 19.7 Å². The average Bonchev–Trinajstić information content (AvgIpc) is 3.11. The maximum atomic E-state index is 12.1. The predicted octanol–water partition coefficient (Wildman–Crippen LogP) is 0.0619. The Labute approximate surface area is 107 Å². The summed E-state index contributed by atoms with van der Waals surface area (Å²) in [6.07, 6.45) is 1.90. The standard InChI is InChI=1S/C12H22N2O4/c1-8(9-3-4-9)14(5-6-18-2)12(17)10(13)7-11(15)16/h8-10H,3-7,13H2,1-2H3,(H,15,16). The Kier molecular flexibility index (Phi) is 5.55. The third kappa shape index (κ3) is 4.27. The van der Waals surface area contributed by atoms with E-state index < -0.39 is 12.0 Å². The number of nitrogens with zero attached hydrogens (tertiary/aromatic N) is 1. The second kappa shape index (κ2) is 6.70. The van der Waals surface area contributed by atoms with Crippen molar-refractivity contribution in [1.29, 1.82) is 0 Å². The molecule has 0 saturated heterocycles. The van der Waals surface area contributed by atoms with E-state index >= 15 is 0 Å². The van der Waals surface area contributed by atoms with Gasteiger partial charge in [0.2, 0.25) is 5.91 Å². The van der Waals surface area contributed by atoms with Gasteiger partial charge in [0.05, 0.1) is 19.1 Å². The number of ether oxygens (including phenoxy) is 1. The lowest BCUT2D eigenvalue weighted by Gasteiger charge is -2.31. The van der Waals surface area contributed by atoms with E-state index in [-0.39, 0.29) is 18.4 Å². The molecule has 1 rings (SSSR count). The maximum absolute atomic E-state index is 12.1. The summed E-state index contributed by atoms with van der Waals surface area (Å²) in [6.45, 7) is 2.88. The Hall–Kier alpha value is -1.14. The zero-order chi connectivity index (χ0) is 13.7. The summed E-state index contributed by atoms with van der Waals surface area (Å²) in [5.41, 5.74) is 5.64. The van der Waals surface area contributed by atoms with E-state index in [2.05, 4.69) is 0 Å². The van der Waals surface area contributed by atoms with Crippen LogP contribution in [0.3, 0.4) is 0 Å². The lowest BCUT2D eigenvalue weighted by molar-refractivity contribution is -0.143. The fraction of sp³-hybridized carbons (Fsp3) is 0.833. The first-order valence-corrected chi connectivity index (χ1v) is 6.24. The van der Waals surface area contributed by atoms with Gasteiger partial charge in [0.15, 0.2) is 0 Å². The molecule has 1 amide bonds. The molecule has 3 N–H and O–H groups in total. The summed E-state index contributed by atoms with van der Waals surface area (Å²) in [6, 6.07) is -0.868. The minimum atomic E-state index is -1.05. The Morgan fingerprint density at radius 1 is 1.50 bits per heavy atom. The van der Waals surface area contributed by atoms with Crippen molar-refractivity contribution >= 4 is 11.9 Å². The lowest BCUT2D eigenvalue weighted by Crippen LogP contribution is -2.50. The normalized spacial score (nSPS) is 18.2. The number of aliphatic carboxylic acids is 1. The first-order chi connectivity index (χ1) is 8.47. The average molecular weight is 258 g/mol. The summed E-state index contributed by atoms with van der Waals surface area (Å²) in [5.74, 6) is -0.835. The minimum Gasteiger partial charge on any atom is -0.481 e. The Morgan fingerprint density at radius 2 is 2.11 bits per heavy atom. The van der Waals surface area contributed by atoms with Gasteiger partial charge in [0.1, 0.15) is 0 Å². The highest BCUT2D eigenvalue weighted by molar-refractivity contribution is 5.86. The molecule has 0 aliphatic heterocycles. The molecule has 18 heavy (non-hydrogen) atoms. The molecular weight excluding hydrogens is 236 g/mol. The highest BCUT2D eigenvalue weighted by atomic mass is 16.5. The van der Waals surface area contributed by atoms with Crippen molar-refractivity contribution in [2.45, 2.75) is 38.3 Å². The van der Waals surface area contributed by atoms with Crippen LogP contribution in [-0.4, -0.2) is 54.2 Å². The molecule has 1 aliphatic rings. The maximum Gasteiger partial charge on any atom is 0.305 e. The molecule has 0 spiro atoms. The van der Waals surface area contributed by atoms with E-state index in [4.69, 9.17) is 15.6 Å². The van der Waals surface area contributed by atoms with E-state index in [0.717, 1.165) is 12.8 Å². The molecule has 1 fully saturated rings. The second-order valence-electron chi connectivity index (χ2n) is 4.81. The fourth-order valence-electron chi connectivity index (χ4n) is 2.03. The van der Waals surface area contributed by atoms with Gasteiger partial charge in [-0.2, -0.15) is 0 Å². The fourth-order valence-corrected chi connectivity index (χ4v) is 2.03. The number of methoxy groups -OCH3 is 1. The number of amides is 1. The van der Waals surface area contributed by atoms with Crippen molar-refractivity contribution in [2.24, 2.45) is 11.7 Å². The van der Waals surface area contributed by atoms with E-state index in [1.54, 1.807) is 12.0 Å². The third-order valence-electron chi connectivity index (χ3n) is 3.33. The molecular formula is C12H22N2O4. The van der Waals surface area contributed by atoms with Crippen LogP contribution >= 0.6 is 0 Å². The molecule has 0 aromatic heterocycles. The van der Waals surface area contributed by atoms with E-state index in [1.807, 2.05) is 6.92 Å². The summed E-state index contributed by atoms with van der Waals surface area (Å²) >= 11 is 0. The molecule has 104 valence electrons. The van der Waals surface area contributed by atoms with Crippen LogP contribution in [0.2, 0.25) is 0 Å². The highest BCUT2D eigenvalue weighted by Crippen LogP contribution is 2.35. The molecule has 1 saturated carbocycles. The van der Waals surface area contributed by atoms with Gasteiger partial charge in [-0.05, 0) is 25.7 Å². The number of hydrogen-bond donors (Lipinski definition) is 2. The number of nitrogens with two attached hydrogens (primary N) is 1. The molecule has 2 unspecified atom stereocenters. The molecule has 0 bridgehead atoms. The van der Waals surface area contributed by atoms with E-state index in [0.29, 0.717) is 19.1 Å². The number of carbonyl (C=O) groups is 2. The van der Waals surface area contributed by atoms with E-state index in [9.17, 15) is 9.59 Å². The largest absolute Gasteiger partial charge is 0.481 e. The molecule has 0 aromatic rings. The van der Waals surface area contributed by atoms with Crippen LogP contribution in [-0.2, 0) is 14.3 Å². The summed E-state index contributed by atoms with van der Waals surface area (Å²) in [7, 11) is 1.57. The SMILES string of the molecule is COCCN(C(=O)C(N)CC(=O)O)C(C)C1CC1. The summed E-state index contributed by atoms with van der Waals surface area (Å²) < 4.78 is 4.98. The van der Waals surface area contributed by atoms with Crippen molar-refractivity contribution in [3.8, 4) is 0 Å². The Balaban J connectivity index is 2.61. The van der Waals surface area contributed by atoms with Gasteiger partial charge in [-0.1, -0.05) is 0 Å². The quantitative estimate of drug-likeness (QED) is 0.642. The number of rotatable bonds is 8. The van der Waals surface area contributed by atoms with Gasteiger partial charge in [-0.25, -0.2) is 0 Å². The molecule has 1 aliphatic carbocycles. The van der Waals surface area contributed by atoms with Crippen molar-refractivity contribution in [1.82, 2.24) is 4.90 Å². The smallest absolute Gasteiger partial charge is 0.305 e. The minimum absolute atomic E-state index is 0.104. The molecule has 0 heterocycles. The molecule has 0 radical (unpaired) electrons. The van der Waals surface area contributed by atoms with Crippen LogP contribution in [0.4, 0.5) is 0 Å². The van der Waals surface area contributed by atoms with Crippen molar-refractivity contribution in [2.75, 3.05) is 20.3 Å². The first-order valence-electron chi connectivity index (χ1n) is 6.24. The van der Waals surface area contributed by atoms with Gasteiger partial charge in [-0.15, -0.1) is 0 Å². The number of carboxylic acid groups (broad SMARTS) is 1. The van der Waals surface area contributed by atoms with Crippen molar-refractivity contribution in [3.05, 3.63) is 0 Å². The lowest BCUT2D eigenvalue weighted by atomic mass is 10.1. The van der Waals surface area contributed by atoms with E-state index in [1.165, 1.54) is 0 Å². The topological polar surface area (TPSA) is 92.9 Å². The summed E-state index contributed by atoms with van der Waals surface area (Å²) in [4.78, 5) is 24.4. The zero-order valence-corrected chi connectivity index (χ0v) is 11.0. The van der Waals surface area contributed by atoms with Gasteiger partial charge < -0.3 is 20.5 Å². The zero-order valence-electron chi connectivity index (χ0n) is 11.0. The monoisotopic (exact) mass is 258 g/mol. The summed E-state index contributed by atoms with van der Waals surface area (Å²) in [5, 5.41) is 8.68. The van der Waals surface area contributed by atoms with Crippen LogP contribution in [0.5, 0.6) is 0 Å². The first kappa shape index (κ1) is 14.9. The number of hydrogen-bond acceptors (Lipinski definition) is 4. The van der Waals surface area contributed by atoms with Crippen LogP contribution in [0.1, 0.15) is 26.2 Å². The number of carboxylic acids is 1. The number of carbonyl (C=O) groups excluding carboxylic acids is 1.